The van der Waals surface area contributed by atoms with Crippen LogP contribution in [0.4, 0.5) is 5.69 Å². The van der Waals surface area contributed by atoms with E-state index in [2.05, 4.69) is 21.2 Å². The number of nitrogens with zero attached hydrogens (tertiary/aromatic N) is 1. The molecule has 4 nitrogen and oxygen atoms in total. The molecule has 1 fully saturated rings. The molecule has 1 heterocycles. The maximum absolute atomic E-state index is 12.4. The fraction of sp³-hybridized carbons (Fsp3) is 0.462. The van der Waals surface area contributed by atoms with Gasteiger partial charge in [0.1, 0.15) is 0 Å². The Balaban J connectivity index is 2.15. The van der Waals surface area contributed by atoms with E-state index in [9.17, 15) is 4.79 Å². The van der Waals surface area contributed by atoms with Gasteiger partial charge in [0.2, 0.25) is 0 Å². The summed E-state index contributed by atoms with van der Waals surface area (Å²) in [5.41, 5.74) is 7.02. The molecule has 1 aromatic carbocycles. The van der Waals surface area contributed by atoms with Gasteiger partial charge in [-0.15, -0.1) is 0 Å². The van der Waals surface area contributed by atoms with Gasteiger partial charge >= 0.3 is 0 Å². The SMILES string of the molecule is CNC1CCCN(C(=O)c2ccc(Br)cc2N)C1. The van der Waals surface area contributed by atoms with Gasteiger partial charge in [0.15, 0.2) is 0 Å². The van der Waals surface area contributed by atoms with E-state index in [-0.39, 0.29) is 5.91 Å². The van der Waals surface area contributed by atoms with Gasteiger partial charge in [0.25, 0.3) is 5.91 Å². The van der Waals surface area contributed by atoms with Crippen LogP contribution in [0.15, 0.2) is 22.7 Å². The van der Waals surface area contributed by atoms with Crippen molar-refractivity contribution in [2.45, 2.75) is 18.9 Å². The molecule has 0 aromatic heterocycles. The number of halogens is 1. The fourth-order valence-corrected chi connectivity index (χ4v) is 2.67. The first-order valence-electron chi connectivity index (χ1n) is 6.13. The van der Waals surface area contributed by atoms with E-state index in [0.717, 1.165) is 30.4 Å². The number of likely N-dealkylation sites (N-methyl/N-ethyl adjacent to an activating group) is 1. The molecule has 0 bridgehead atoms. The number of hydrogen-bond acceptors (Lipinski definition) is 3. The number of benzene rings is 1. The minimum atomic E-state index is 0.0277. The normalized spacial score (nSPS) is 19.9. The molecule has 98 valence electrons. The zero-order valence-electron chi connectivity index (χ0n) is 10.4. The van der Waals surface area contributed by atoms with Crippen molar-refractivity contribution in [1.29, 1.82) is 0 Å². The summed E-state index contributed by atoms with van der Waals surface area (Å²) in [4.78, 5) is 14.3. The number of piperidine rings is 1. The number of nitrogens with two attached hydrogens (primary N) is 1. The third-order valence-electron chi connectivity index (χ3n) is 3.36. The summed E-state index contributed by atoms with van der Waals surface area (Å²) in [6.07, 6.45) is 2.16. The third kappa shape index (κ3) is 2.84. The lowest BCUT2D eigenvalue weighted by Crippen LogP contribution is -2.47. The average Bonchev–Trinajstić information content (AvgIpc) is 2.38. The van der Waals surface area contributed by atoms with E-state index in [1.165, 1.54) is 0 Å². The van der Waals surface area contributed by atoms with Crippen molar-refractivity contribution in [3.8, 4) is 0 Å². The van der Waals surface area contributed by atoms with Gasteiger partial charge in [-0.05, 0) is 38.1 Å². The second-order valence-corrected chi connectivity index (χ2v) is 5.53. The molecular formula is C13H18BrN3O. The van der Waals surface area contributed by atoms with Crippen molar-refractivity contribution in [1.82, 2.24) is 10.2 Å². The molecule has 0 spiro atoms. The maximum Gasteiger partial charge on any atom is 0.255 e. The largest absolute Gasteiger partial charge is 0.398 e. The van der Waals surface area contributed by atoms with Gasteiger partial charge in [-0.3, -0.25) is 4.79 Å². The van der Waals surface area contributed by atoms with Crippen molar-refractivity contribution < 1.29 is 4.79 Å². The lowest BCUT2D eigenvalue weighted by atomic mass is 10.0. The standard InChI is InChI=1S/C13H18BrN3O/c1-16-10-3-2-6-17(8-10)13(18)11-5-4-9(14)7-12(11)15/h4-5,7,10,16H,2-3,6,8,15H2,1H3. The second-order valence-electron chi connectivity index (χ2n) is 4.61. The summed E-state index contributed by atoms with van der Waals surface area (Å²) < 4.78 is 0.892. The molecule has 1 unspecified atom stereocenters. The molecule has 2 rings (SSSR count). The molecule has 0 saturated carbocycles. The number of anilines is 1. The zero-order chi connectivity index (χ0) is 13.1. The number of nitrogens with one attached hydrogen (secondary N) is 1. The molecule has 3 N–H and O–H groups in total. The van der Waals surface area contributed by atoms with E-state index >= 15 is 0 Å². The van der Waals surface area contributed by atoms with Crippen LogP contribution in [0.5, 0.6) is 0 Å². The van der Waals surface area contributed by atoms with E-state index in [1.807, 2.05) is 18.0 Å². The Morgan fingerprint density at radius 3 is 3.00 bits per heavy atom. The molecule has 1 atom stereocenters. The van der Waals surface area contributed by atoms with Crippen molar-refractivity contribution in [2.24, 2.45) is 0 Å². The van der Waals surface area contributed by atoms with Crippen molar-refractivity contribution in [3.63, 3.8) is 0 Å². The Bertz CT molecular complexity index is 450. The van der Waals surface area contributed by atoms with Crippen molar-refractivity contribution in [2.75, 3.05) is 25.9 Å². The molecule has 1 saturated heterocycles. The van der Waals surface area contributed by atoms with Gasteiger partial charge in [-0.1, -0.05) is 15.9 Å². The summed E-state index contributed by atoms with van der Waals surface area (Å²) in [7, 11) is 1.94. The van der Waals surface area contributed by atoms with Crippen molar-refractivity contribution >= 4 is 27.5 Å². The van der Waals surface area contributed by atoms with Gasteiger partial charge < -0.3 is 16.0 Å². The van der Waals surface area contributed by atoms with E-state index < -0.39 is 0 Å². The van der Waals surface area contributed by atoms with Crippen LogP contribution < -0.4 is 11.1 Å². The summed E-state index contributed by atoms with van der Waals surface area (Å²) in [6, 6.07) is 5.79. The van der Waals surface area contributed by atoms with Crippen LogP contribution in [0.1, 0.15) is 23.2 Å². The first kappa shape index (κ1) is 13.4. The first-order valence-corrected chi connectivity index (χ1v) is 6.92. The molecule has 1 amide bonds. The maximum atomic E-state index is 12.4. The van der Waals surface area contributed by atoms with Crippen molar-refractivity contribution in [3.05, 3.63) is 28.2 Å². The highest BCUT2D eigenvalue weighted by Gasteiger charge is 2.24. The number of hydrogen-bond donors (Lipinski definition) is 2. The summed E-state index contributed by atoms with van der Waals surface area (Å²) in [5, 5.41) is 3.23. The van der Waals surface area contributed by atoms with Crippen LogP contribution in [0.25, 0.3) is 0 Å². The monoisotopic (exact) mass is 311 g/mol. The lowest BCUT2D eigenvalue weighted by Gasteiger charge is -2.32. The van der Waals surface area contributed by atoms with Crippen LogP contribution in [0.2, 0.25) is 0 Å². The molecule has 5 heteroatoms. The molecule has 0 aliphatic carbocycles. The van der Waals surface area contributed by atoms with Crippen LogP contribution in [-0.2, 0) is 0 Å². The van der Waals surface area contributed by atoms with Crippen LogP contribution in [0, 0.1) is 0 Å². The number of carbonyl (C=O) groups is 1. The minimum Gasteiger partial charge on any atom is -0.398 e. The van der Waals surface area contributed by atoms with Crippen LogP contribution in [-0.4, -0.2) is 37.0 Å². The number of carbonyl (C=O) groups excluding carboxylic acids is 1. The third-order valence-corrected chi connectivity index (χ3v) is 3.85. The predicted octanol–water partition coefficient (Wildman–Crippen LogP) is 1.86. The predicted molar refractivity (Wildman–Crippen MR) is 76.5 cm³/mol. The summed E-state index contributed by atoms with van der Waals surface area (Å²) in [5.74, 6) is 0.0277. The number of likely N-dealkylation sites (tertiary alicyclic amines) is 1. The second kappa shape index (κ2) is 5.71. The highest BCUT2D eigenvalue weighted by atomic mass is 79.9. The summed E-state index contributed by atoms with van der Waals surface area (Å²) >= 11 is 3.35. The van der Waals surface area contributed by atoms with Gasteiger partial charge in [0, 0.05) is 29.3 Å². The topological polar surface area (TPSA) is 58.4 Å². The molecule has 1 aliphatic rings. The fourth-order valence-electron chi connectivity index (χ4n) is 2.30. The lowest BCUT2D eigenvalue weighted by molar-refractivity contribution is 0.0699. The quantitative estimate of drug-likeness (QED) is 0.820. The number of rotatable bonds is 2. The number of nitrogen functional groups attached to an aromatic ring is 1. The molecule has 18 heavy (non-hydrogen) atoms. The van der Waals surface area contributed by atoms with Gasteiger partial charge in [0.05, 0.1) is 5.56 Å². The minimum absolute atomic E-state index is 0.0277. The first-order chi connectivity index (χ1) is 8.61. The van der Waals surface area contributed by atoms with Gasteiger partial charge in [-0.2, -0.15) is 0 Å². The van der Waals surface area contributed by atoms with Crippen LogP contribution in [0.3, 0.4) is 0 Å². The Labute approximate surface area is 116 Å². The Hall–Kier alpha value is -1.07. The molecule has 0 radical (unpaired) electrons. The molecule has 1 aromatic rings. The van der Waals surface area contributed by atoms with Gasteiger partial charge in [-0.25, -0.2) is 0 Å². The average molecular weight is 312 g/mol. The van der Waals surface area contributed by atoms with E-state index in [4.69, 9.17) is 5.73 Å². The van der Waals surface area contributed by atoms with Crippen LogP contribution >= 0.6 is 15.9 Å². The number of amides is 1. The molecular weight excluding hydrogens is 294 g/mol. The molecule has 1 aliphatic heterocycles. The zero-order valence-corrected chi connectivity index (χ0v) is 12.0. The smallest absolute Gasteiger partial charge is 0.255 e. The Morgan fingerprint density at radius 1 is 1.56 bits per heavy atom. The highest BCUT2D eigenvalue weighted by molar-refractivity contribution is 9.10. The van der Waals surface area contributed by atoms with E-state index in [1.54, 1.807) is 12.1 Å². The Morgan fingerprint density at radius 2 is 2.33 bits per heavy atom. The highest BCUT2D eigenvalue weighted by Crippen LogP contribution is 2.21. The Kier molecular flexibility index (Phi) is 4.24. The van der Waals surface area contributed by atoms with E-state index in [0.29, 0.717) is 17.3 Å². The summed E-state index contributed by atoms with van der Waals surface area (Å²) in [6.45, 7) is 1.57.